The molecule has 1 aromatic carbocycles. The van der Waals surface area contributed by atoms with Gasteiger partial charge in [0.25, 0.3) is 5.91 Å². The van der Waals surface area contributed by atoms with Gasteiger partial charge in [0.15, 0.2) is 0 Å². The Morgan fingerprint density at radius 1 is 1.40 bits per heavy atom. The van der Waals surface area contributed by atoms with Crippen LogP contribution in [0.25, 0.3) is 0 Å². The van der Waals surface area contributed by atoms with E-state index in [4.69, 9.17) is 10.00 Å². The lowest BCUT2D eigenvalue weighted by Crippen LogP contribution is -2.41. The van der Waals surface area contributed by atoms with Crippen molar-refractivity contribution in [3.8, 4) is 6.07 Å². The lowest BCUT2D eigenvalue weighted by Gasteiger charge is -2.26. The van der Waals surface area contributed by atoms with E-state index in [-0.39, 0.29) is 17.2 Å². The van der Waals surface area contributed by atoms with Gasteiger partial charge in [-0.05, 0) is 12.1 Å². The molecule has 0 bridgehead atoms. The molecule has 1 aromatic rings. The first-order valence-corrected chi connectivity index (χ1v) is 6.20. The van der Waals surface area contributed by atoms with Crippen LogP contribution in [0.4, 0.5) is 10.1 Å². The minimum absolute atomic E-state index is 0.0600. The highest BCUT2D eigenvalue weighted by Crippen LogP contribution is 2.13. The van der Waals surface area contributed by atoms with Crippen molar-refractivity contribution in [1.29, 1.82) is 5.26 Å². The van der Waals surface area contributed by atoms with Gasteiger partial charge in [-0.15, -0.1) is 0 Å². The molecule has 0 unspecified atom stereocenters. The van der Waals surface area contributed by atoms with Crippen molar-refractivity contribution >= 4 is 11.6 Å². The minimum atomic E-state index is -0.445. The molecule has 1 aliphatic rings. The Labute approximate surface area is 116 Å². The first-order valence-electron chi connectivity index (χ1n) is 6.20. The SMILES string of the molecule is N#C/C(=C/Nc1ccccc1F)C(=O)N1CCOCC1. The summed E-state index contributed by atoms with van der Waals surface area (Å²) in [6.07, 6.45) is 1.23. The van der Waals surface area contributed by atoms with Crippen LogP contribution >= 0.6 is 0 Å². The zero-order valence-corrected chi connectivity index (χ0v) is 10.8. The summed E-state index contributed by atoms with van der Waals surface area (Å²) in [4.78, 5) is 13.6. The Morgan fingerprint density at radius 3 is 2.75 bits per heavy atom. The van der Waals surface area contributed by atoms with Crippen molar-refractivity contribution in [3.63, 3.8) is 0 Å². The summed E-state index contributed by atoms with van der Waals surface area (Å²) in [6, 6.07) is 7.88. The average molecular weight is 275 g/mol. The van der Waals surface area contributed by atoms with E-state index in [9.17, 15) is 9.18 Å². The molecule has 1 fully saturated rings. The van der Waals surface area contributed by atoms with E-state index in [0.717, 1.165) is 0 Å². The van der Waals surface area contributed by atoms with Gasteiger partial charge in [0.05, 0.1) is 18.9 Å². The number of ether oxygens (including phenoxy) is 1. The van der Waals surface area contributed by atoms with E-state index in [1.807, 2.05) is 6.07 Å². The van der Waals surface area contributed by atoms with Gasteiger partial charge in [-0.3, -0.25) is 4.79 Å². The smallest absolute Gasteiger partial charge is 0.266 e. The zero-order valence-electron chi connectivity index (χ0n) is 10.8. The zero-order chi connectivity index (χ0) is 14.4. The Kier molecular flexibility index (Phi) is 4.69. The predicted molar refractivity (Wildman–Crippen MR) is 71.1 cm³/mol. The molecule has 0 aromatic heterocycles. The number of hydrogen-bond donors (Lipinski definition) is 1. The number of nitriles is 1. The van der Waals surface area contributed by atoms with Crippen LogP contribution in [-0.2, 0) is 9.53 Å². The predicted octanol–water partition coefficient (Wildman–Crippen LogP) is 1.50. The molecule has 1 N–H and O–H groups in total. The fourth-order valence-electron chi connectivity index (χ4n) is 1.81. The third-order valence-electron chi connectivity index (χ3n) is 2.90. The molecule has 0 atom stereocenters. The third-order valence-corrected chi connectivity index (χ3v) is 2.90. The molecule has 1 aliphatic heterocycles. The molecular formula is C14H14FN3O2. The first kappa shape index (κ1) is 14.0. The van der Waals surface area contributed by atoms with Crippen LogP contribution in [0.15, 0.2) is 36.0 Å². The summed E-state index contributed by atoms with van der Waals surface area (Å²) >= 11 is 0. The second-order valence-corrected chi connectivity index (χ2v) is 4.20. The maximum atomic E-state index is 13.4. The van der Waals surface area contributed by atoms with Crippen molar-refractivity contribution in [2.24, 2.45) is 0 Å². The molecule has 5 nitrogen and oxygen atoms in total. The van der Waals surface area contributed by atoms with E-state index in [2.05, 4.69) is 5.32 Å². The molecular weight excluding hydrogens is 261 g/mol. The summed E-state index contributed by atoms with van der Waals surface area (Å²) < 4.78 is 18.6. The molecule has 1 heterocycles. The topological polar surface area (TPSA) is 65.4 Å². The van der Waals surface area contributed by atoms with Crippen molar-refractivity contribution in [2.45, 2.75) is 0 Å². The molecule has 6 heteroatoms. The van der Waals surface area contributed by atoms with Crippen LogP contribution in [0.1, 0.15) is 0 Å². The highest BCUT2D eigenvalue weighted by Gasteiger charge is 2.20. The number of morpholine rings is 1. The van der Waals surface area contributed by atoms with E-state index in [1.54, 1.807) is 17.0 Å². The van der Waals surface area contributed by atoms with Crippen LogP contribution in [0.2, 0.25) is 0 Å². The van der Waals surface area contributed by atoms with Crippen LogP contribution in [0.3, 0.4) is 0 Å². The number of rotatable bonds is 3. The number of carbonyl (C=O) groups excluding carboxylic acids is 1. The standard InChI is InChI=1S/C14H14FN3O2/c15-12-3-1-2-4-13(12)17-10-11(9-16)14(19)18-5-7-20-8-6-18/h1-4,10,17H,5-8H2/b11-10-. The van der Waals surface area contributed by atoms with E-state index in [0.29, 0.717) is 26.3 Å². The number of halogens is 1. The van der Waals surface area contributed by atoms with Gasteiger partial charge in [0, 0.05) is 19.3 Å². The second kappa shape index (κ2) is 6.68. The summed E-state index contributed by atoms with van der Waals surface area (Å²) in [6.45, 7) is 1.84. The Morgan fingerprint density at radius 2 is 2.10 bits per heavy atom. The highest BCUT2D eigenvalue weighted by atomic mass is 19.1. The van der Waals surface area contributed by atoms with E-state index >= 15 is 0 Å². The van der Waals surface area contributed by atoms with Gasteiger partial charge >= 0.3 is 0 Å². The van der Waals surface area contributed by atoms with Crippen LogP contribution in [0.5, 0.6) is 0 Å². The fraction of sp³-hybridized carbons (Fsp3) is 0.286. The number of amides is 1. The van der Waals surface area contributed by atoms with Crippen LogP contribution in [0, 0.1) is 17.1 Å². The minimum Gasteiger partial charge on any atom is -0.378 e. The molecule has 2 rings (SSSR count). The number of nitrogens with one attached hydrogen (secondary N) is 1. The lowest BCUT2D eigenvalue weighted by molar-refractivity contribution is -0.130. The summed E-state index contributed by atoms with van der Waals surface area (Å²) in [5, 5.41) is 11.7. The molecule has 20 heavy (non-hydrogen) atoms. The van der Waals surface area contributed by atoms with Crippen molar-refractivity contribution in [2.75, 3.05) is 31.6 Å². The summed E-state index contributed by atoms with van der Waals surface area (Å²) in [7, 11) is 0. The van der Waals surface area contributed by atoms with Gasteiger partial charge < -0.3 is 15.0 Å². The number of benzene rings is 1. The third kappa shape index (κ3) is 3.33. The van der Waals surface area contributed by atoms with Gasteiger partial charge in [-0.1, -0.05) is 12.1 Å². The first-order chi connectivity index (χ1) is 9.72. The van der Waals surface area contributed by atoms with E-state index < -0.39 is 5.82 Å². The largest absolute Gasteiger partial charge is 0.378 e. The summed E-state index contributed by atoms with van der Waals surface area (Å²) in [5.74, 6) is -0.820. The number of para-hydroxylation sites is 1. The number of carbonyl (C=O) groups is 1. The van der Waals surface area contributed by atoms with Gasteiger partial charge in [0.2, 0.25) is 0 Å². The summed E-state index contributed by atoms with van der Waals surface area (Å²) in [5.41, 5.74) is 0.158. The van der Waals surface area contributed by atoms with Crippen LogP contribution in [-0.4, -0.2) is 37.1 Å². The molecule has 1 amide bonds. The van der Waals surface area contributed by atoms with Gasteiger partial charge in [0.1, 0.15) is 17.5 Å². The fourth-order valence-corrected chi connectivity index (χ4v) is 1.81. The quantitative estimate of drug-likeness (QED) is 0.670. The lowest BCUT2D eigenvalue weighted by atomic mass is 10.2. The second-order valence-electron chi connectivity index (χ2n) is 4.20. The molecule has 104 valence electrons. The van der Waals surface area contributed by atoms with Gasteiger partial charge in [-0.2, -0.15) is 5.26 Å². The molecule has 0 spiro atoms. The Bertz CT molecular complexity index is 560. The number of anilines is 1. The molecule has 0 saturated carbocycles. The Balaban J connectivity index is 2.08. The maximum absolute atomic E-state index is 13.4. The highest BCUT2D eigenvalue weighted by molar-refractivity contribution is 5.97. The Hall–Kier alpha value is -2.39. The van der Waals surface area contributed by atoms with Crippen LogP contribution < -0.4 is 5.32 Å². The normalized spacial score (nSPS) is 15.6. The van der Waals surface area contributed by atoms with Crippen molar-refractivity contribution in [3.05, 3.63) is 41.9 Å². The van der Waals surface area contributed by atoms with E-state index in [1.165, 1.54) is 18.3 Å². The molecule has 1 saturated heterocycles. The number of nitrogens with zero attached hydrogens (tertiary/aromatic N) is 2. The molecule has 0 aliphatic carbocycles. The van der Waals surface area contributed by atoms with Gasteiger partial charge in [-0.25, -0.2) is 4.39 Å². The maximum Gasteiger partial charge on any atom is 0.266 e. The monoisotopic (exact) mass is 275 g/mol. The van der Waals surface area contributed by atoms with Crippen molar-refractivity contribution < 1.29 is 13.9 Å². The number of hydrogen-bond acceptors (Lipinski definition) is 4. The van der Waals surface area contributed by atoms with Crippen molar-refractivity contribution in [1.82, 2.24) is 4.90 Å². The average Bonchev–Trinajstić information content (AvgIpc) is 2.50. The molecule has 0 radical (unpaired) electrons.